The van der Waals surface area contributed by atoms with Crippen molar-refractivity contribution in [3.05, 3.63) is 60.8 Å². The van der Waals surface area contributed by atoms with Crippen LogP contribution in [0.25, 0.3) is 0 Å². The van der Waals surface area contributed by atoms with Gasteiger partial charge in [0.05, 0.1) is 6.61 Å². The molecule has 0 spiro atoms. The lowest BCUT2D eigenvalue weighted by Crippen LogP contribution is -2.64. The SMILES string of the molecule is CCC=CCC=CCC=CCC=CCC=CCCCCCC(=O)OC[C@H](COP(=O)(O)OC1C(O)C(O)C(O)[C@@H](O)C1O)OC(=O)CCCCCCCCCCCCCCCCC. The van der Waals surface area contributed by atoms with E-state index in [9.17, 15) is 44.6 Å². The average molecular weight is 913 g/mol. The lowest BCUT2D eigenvalue weighted by molar-refractivity contribution is -0.220. The molecule has 0 aromatic heterocycles. The zero-order chi connectivity index (χ0) is 46.4. The van der Waals surface area contributed by atoms with Gasteiger partial charge in [0.15, 0.2) is 6.10 Å². The van der Waals surface area contributed by atoms with Crippen molar-refractivity contribution < 1.29 is 63.1 Å². The van der Waals surface area contributed by atoms with Crippen LogP contribution >= 0.6 is 7.82 Å². The minimum absolute atomic E-state index is 0.0897. The minimum atomic E-state index is -5.13. The molecule has 63 heavy (non-hydrogen) atoms. The molecule has 0 aromatic rings. The highest BCUT2D eigenvalue weighted by molar-refractivity contribution is 7.47. The van der Waals surface area contributed by atoms with E-state index >= 15 is 0 Å². The van der Waals surface area contributed by atoms with Gasteiger partial charge in [-0.25, -0.2) is 4.57 Å². The maximum Gasteiger partial charge on any atom is 0.472 e. The minimum Gasteiger partial charge on any atom is -0.462 e. The summed E-state index contributed by atoms with van der Waals surface area (Å²) in [6, 6.07) is 0. The first-order chi connectivity index (χ1) is 30.4. The van der Waals surface area contributed by atoms with Crippen molar-refractivity contribution in [3.63, 3.8) is 0 Å². The van der Waals surface area contributed by atoms with Crippen LogP contribution in [0.5, 0.6) is 0 Å². The van der Waals surface area contributed by atoms with Gasteiger partial charge in [-0.15, -0.1) is 0 Å². The number of allylic oxidation sites excluding steroid dienone is 10. The summed E-state index contributed by atoms with van der Waals surface area (Å²) < 4.78 is 33.5. The zero-order valence-corrected chi connectivity index (χ0v) is 39.5. The smallest absolute Gasteiger partial charge is 0.462 e. The second kappa shape index (κ2) is 38.8. The number of rotatable bonds is 39. The molecule has 13 nitrogen and oxygen atoms in total. The van der Waals surface area contributed by atoms with Crippen molar-refractivity contribution in [1.82, 2.24) is 0 Å². The fraction of sp³-hybridized carbons (Fsp3) is 0.755. The number of hydrogen-bond acceptors (Lipinski definition) is 12. The molecule has 0 amide bonds. The molecule has 6 unspecified atom stereocenters. The predicted octanol–water partition coefficient (Wildman–Crippen LogP) is 9.73. The Balaban J connectivity index is 2.46. The van der Waals surface area contributed by atoms with Crippen molar-refractivity contribution in [2.75, 3.05) is 13.2 Å². The molecule has 14 heteroatoms. The van der Waals surface area contributed by atoms with Crippen molar-refractivity contribution in [2.45, 2.75) is 224 Å². The van der Waals surface area contributed by atoms with Gasteiger partial charge >= 0.3 is 19.8 Å². The Morgan fingerprint density at radius 2 is 0.905 bits per heavy atom. The number of phosphoric ester groups is 1. The van der Waals surface area contributed by atoms with Gasteiger partial charge in [-0.1, -0.05) is 171 Å². The van der Waals surface area contributed by atoms with Gasteiger partial charge in [0.2, 0.25) is 0 Å². The van der Waals surface area contributed by atoms with E-state index in [0.717, 1.165) is 77.0 Å². The third kappa shape index (κ3) is 31.2. The van der Waals surface area contributed by atoms with E-state index in [1.165, 1.54) is 64.2 Å². The predicted molar refractivity (Wildman–Crippen MR) is 249 cm³/mol. The normalized spacial score (nSPS) is 22.2. The molecule has 1 fully saturated rings. The third-order valence-corrected chi connectivity index (χ3v) is 11.9. The van der Waals surface area contributed by atoms with Crippen LogP contribution in [0.15, 0.2) is 60.8 Å². The standard InChI is InChI=1S/C49H85O13P/c1-3-5-7-9-11-13-15-17-19-20-21-22-24-25-27-29-31-33-35-37-42(50)59-39-41(40-60-63(57,58)62-49-47(55)45(53)44(52)46(54)48(49)56)61-43(51)38-36-34-32-30-28-26-23-18-16-14-12-10-8-6-4-2/h5,7,11,13,17,19,21-22,25,27,41,44-49,52-56H,3-4,6,8-10,12,14-16,18,20,23-24,26,28-40H2,1-2H3,(H,57,58)/t41-,44?,45-,46?,47?,48?,49?/m1/s1. The molecule has 0 heterocycles. The van der Waals surface area contributed by atoms with Gasteiger partial charge < -0.3 is 39.9 Å². The number of aliphatic hydroxyl groups is 5. The summed E-state index contributed by atoms with van der Waals surface area (Å²) >= 11 is 0. The van der Waals surface area contributed by atoms with Gasteiger partial charge in [0.1, 0.15) is 43.2 Å². The number of carbonyl (C=O) groups excluding carboxylic acids is 2. The summed E-state index contributed by atoms with van der Waals surface area (Å²) in [5.41, 5.74) is 0. The van der Waals surface area contributed by atoms with E-state index < -0.39 is 75.7 Å². The molecule has 0 bridgehead atoms. The summed E-state index contributed by atoms with van der Waals surface area (Å²) in [4.78, 5) is 35.7. The lowest BCUT2D eigenvalue weighted by atomic mass is 9.85. The third-order valence-electron chi connectivity index (χ3n) is 10.9. The highest BCUT2D eigenvalue weighted by Gasteiger charge is 2.51. The van der Waals surface area contributed by atoms with Gasteiger partial charge in [0.25, 0.3) is 0 Å². The van der Waals surface area contributed by atoms with E-state index in [-0.39, 0.29) is 12.8 Å². The van der Waals surface area contributed by atoms with Crippen LogP contribution in [0.3, 0.4) is 0 Å². The summed E-state index contributed by atoms with van der Waals surface area (Å²) in [6.45, 7) is 3.16. The highest BCUT2D eigenvalue weighted by atomic mass is 31.2. The first-order valence-electron chi connectivity index (χ1n) is 24.1. The topological polar surface area (TPSA) is 210 Å². The number of phosphoric acid groups is 1. The first-order valence-corrected chi connectivity index (χ1v) is 25.6. The maximum atomic E-state index is 12.8. The zero-order valence-electron chi connectivity index (χ0n) is 38.6. The molecule has 1 rings (SSSR count). The fourth-order valence-electron chi connectivity index (χ4n) is 7.02. The summed E-state index contributed by atoms with van der Waals surface area (Å²) in [6.07, 6.45) is 34.1. The molecule has 1 aliphatic rings. The fourth-order valence-corrected chi connectivity index (χ4v) is 7.99. The summed E-state index contributed by atoms with van der Waals surface area (Å²) in [7, 11) is -5.13. The van der Waals surface area contributed by atoms with E-state index in [2.05, 4.69) is 74.6 Å². The molecule has 1 aliphatic carbocycles. The molecule has 364 valence electrons. The molecule has 1 saturated carbocycles. The number of esters is 2. The van der Waals surface area contributed by atoms with E-state index in [1.807, 2.05) is 0 Å². The molecular formula is C49H85O13P. The number of aliphatic hydroxyl groups excluding tert-OH is 5. The molecule has 8 atom stereocenters. The van der Waals surface area contributed by atoms with E-state index in [1.54, 1.807) is 0 Å². The Morgan fingerprint density at radius 1 is 0.508 bits per heavy atom. The highest BCUT2D eigenvalue weighted by Crippen LogP contribution is 2.47. The van der Waals surface area contributed by atoms with Crippen LogP contribution in [0.2, 0.25) is 0 Å². The van der Waals surface area contributed by atoms with Crippen LogP contribution in [-0.4, -0.2) is 98.3 Å². The van der Waals surface area contributed by atoms with Gasteiger partial charge in [-0.3, -0.25) is 18.6 Å². The molecule has 0 aliphatic heterocycles. The number of hydrogen-bond donors (Lipinski definition) is 6. The second-order valence-corrected chi connectivity index (χ2v) is 18.0. The Bertz CT molecular complexity index is 1330. The van der Waals surface area contributed by atoms with Crippen LogP contribution < -0.4 is 0 Å². The Kier molecular flexibility index (Phi) is 36.1. The van der Waals surface area contributed by atoms with Crippen LogP contribution in [0.1, 0.15) is 181 Å². The number of ether oxygens (including phenoxy) is 2. The monoisotopic (exact) mass is 913 g/mol. The molecule has 0 saturated heterocycles. The maximum absolute atomic E-state index is 12.8. The summed E-state index contributed by atoms with van der Waals surface area (Å²) in [5, 5.41) is 50.2. The first kappa shape index (κ1) is 58.6. The second-order valence-electron chi connectivity index (χ2n) is 16.6. The number of unbranched alkanes of at least 4 members (excludes halogenated alkanes) is 17. The van der Waals surface area contributed by atoms with E-state index in [0.29, 0.717) is 12.8 Å². The molecule has 0 radical (unpaired) electrons. The molecular weight excluding hydrogens is 827 g/mol. The largest absolute Gasteiger partial charge is 0.472 e. The van der Waals surface area contributed by atoms with Crippen LogP contribution in [0, 0.1) is 0 Å². The molecule has 0 aromatic carbocycles. The lowest BCUT2D eigenvalue weighted by Gasteiger charge is -2.41. The van der Waals surface area contributed by atoms with Gasteiger partial charge in [-0.05, 0) is 57.8 Å². The Labute approximate surface area is 379 Å². The summed E-state index contributed by atoms with van der Waals surface area (Å²) in [5.74, 6) is -1.14. The quantitative estimate of drug-likeness (QED) is 0.0147. The van der Waals surface area contributed by atoms with E-state index in [4.69, 9.17) is 18.5 Å². The van der Waals surface area contributed by atoms with Gasteiger partial charge in [0, 0.05) is 12.8 Å². The van der Waals surface area contributed by atoms with Crippen LogP contribution in [0.4, 0.5) is 0 Å². The van der Waals surface area contributed by atoms with Crippen molar-refractivity contribution in [3.8, 4) is 0 Å². The van der Waals surface area contributed by atoms with Crippen molar-refractivity contribution in [1.29, 1.82) is 0 Å². The van der Waals surface area contributed by atoms with Crippen molar-refractivity contribution >= 4 is 19.8 Å². The molecule has 6 N–H and O–H groups in total. The van der Waals surface area contributed by atoms with Crippen LogP contribution in [-0.2, 0) is 32.7 Å². The Hall–Kier alpha value is -2.45. The number of carbonyl (C=O) groups is 2. The van der Waals surface area contributed by atoms with Gasteiger partial charge in [-0.2, -0.15) is 0 Å². The Morgan fingerprint density at radius 3 is 1.38 bits per heavy atom. The average Bonchev–Trinajstić information content (AvgIpc) is 3.26. The van der Waals surface area contributed by atoms with Crippen molar-refractivity contribution in [2.24, 2.45) is 0 Å².